The number of quaternary nitrogens is 1. The van der Waals surface area contributed by atoms with E-state index in [9.17, 15) is 14.4 Å². The summed E-state index contributed by atoms with van der Waals surface area (Å²) in [5.41, 5.74) is 2.50. The van der Waals surface area contributed by atoms with Crippen LogP contribution in [0.1, 0.15) is 34.7 Å². The molecule has 1 aliphatic heterocycles. The number of rotatable bonds is 2. The number of hydroxylamine groups is 1. The van der Waals surface area contributed by atoms with E-state index in [1.54, 1.807) is 23.9 Å². The summed E-state index contributed by atoms with van der Waals surface area (Å²) in [5, 5.41) is 12.6. The zero-order valence-corrected chi connectivity index (χ0v) is 12.9. The van der Waals surface area contributed by atoms with Crippen molar-refractivity contribution in [2.24, 2.45) is 0 Å². The van der Waals surface area contributed by atoms with Crippen molar-refractivity contribution in [3.8, 4) is 5.69 Å². The van der Waals surface area contributed by atoms with Gasteiger partial charge in [0.1, 0.15) is 35.3 Å². The largest absolute Gasteiger partial charge is 0.628 e. The van der Waals surface area contributed by atoms with Gasteiger partial charge in [0.05, 0.1) is 0 Å². The fourth-order valence-electron chi connectivity index (χ4n) is 3.13. The van der Waals surface area contributed by atoms with Gasteiger partial charge in [-0.05, 0) is 37.3 Å². The second kappa shape index (κ2) is 5.36. The molecule has 0 amide bonds. The fraction of sp³-hybridized carbons (Fsp3) is 0.111. The van der Waals surface area contributed by atoms with Crippen molar-refractivity contribution in [1.29, 1.82) is 0 Å². The van der Waals surface area contributed by atoms with E-state index in [-0.39, 0.29) is 16.5 Å². The molecule has 2 atom stereocenters. The average Bonchev–Trinajstić information content (AvgIpc) is 3.05. The number of halogens is 1. The van der Waals surface area contributed by atoms with Crippen molar-refractivity contribution in [1.82, 2.24) is 9.55 Å². The normalized spacial score (nSPS) is 18.8. The molecule has 0 spiro atoms. The first-order chi connectivity index (χ1) is 11.6. The number of hydrogen-bond acceptors (Lipinski definition) is 3. The summed E-state index contributed by atoms with van der Waals surface area (Å²) in [4.78, 5) is 17.0. The van der Waals surface area contributed by atoms with E-state index in [0.717, 1.165) is 5.69 Å². The monoisotopic (exact) mass is 323 g/mol. The third-order valence-electron chi connectivity index (χ3n) is 4.36. The van der Waals surface area contributed by atoms with Gasteiger partial charge in [-0.1, -0.05) is 12.1 Å². The molecule has 6 heteroatoms. The summed E-state index contributed by atoms with van der Waals surface area (Å²) >= 11 is 0. The lowest BCUT2D eigenvalue weighted by Gasteiger charge is -2.35. The minimum absolute atomic E-state index is 0.0354. The van der Waals surface area contributed by atoms with Crippen LogP contribution in [-0.4, -0.2) is 15.3 Å². The van der Waals surface area contributed by atoms with Crippen LogP contribution in [0.25, 0.3) is 5.69 Å². The van der Waals surface area contributed by atoms with Crippen LogP contribution in [0.4, 0.5) is 10.1 Å². The Labute approximate surface area is 137 Å². The van der Waals surface area contributed by atoms with Gasteiger partial charge in [0.25, 0.3) is 0 Å². The first kappa shape index (κ1) is 14.7. The molecule has 120 valence electrons. The van der Waals surface area contributed by atoms with Gasteiger partial charge in [-0.3, -0.25) is 9.36 Å². The Morgan fingerprint density at radius 1 is 1.21 bits per heavy atom. The highest BCUT2D eigenvalue weighted by Gasteiger charge is 2.33. The topological polar surface area (TPSA) is 62.4 Å². The number of hydrogen-bond donors (Lipinski definition) is 1. The van der Waals surface area contributed by atoms with E-state index in [0.29, 0.717) is 16.9 Å². The van der Waals surface area contributed by atoms with Gasteiger partial charge in [0, 0.05) is 11.6 Å². The Bertz CT molecular complexity index is 934. The van der Waals surface area contributed by atoms with E-state index in [1.165, 1.54) is 24.3 Å². The van der Waals surface area contributed by atoms with Crippen LogP contribution in [0.2, 0.25) is 0 Å². The lowest BCUT2D eigenvalue weighted by atomic mass is 10.0. The molecule has 2 unspecified atom stereocenters. The first-order valence-electron chi connectivity index (χ1n) is 7.59. The smallest absolute Gasteiger partial charge is 0.213 e. The number of ketones is 1. The number of fused-ring (bicyclic) bond motifs is 3. The summed E-state index contributed by atoms with van der Waals surface area (Å²) in [6.07, 6.45) is 1.56. The number of nitrogens with zero attached hydrogens (tertiary/aromatic N) is 2. The third kappa shape index (κ3) is 2.08. The summed E-state index contributed by atoms with van der Waals surface area (Å²) in [6.45, 7) is 1.77. The number of aromatic nitrogens is 2. The quantitative estimate of drug-likeness (QED) is 0.581. The molecule has 0 fully saturated rings. The molecule has 1 aliphatic rings. The molecule has 4 rings (SSSR count). The summed E-state index contributed by atoms with van der Waals surface area (Å²) < 4.78 is 14.9. The van der Waals surface area contributed by atoms with Crippen molar-refractivity contribution in [3.63, 3.8) is 0 Å². The second-order valence-corrected chi connectivity index (χ2v) is 5.79. The molecule has 0 saturated heterocycles. The van der Waals surface area contributed by atoms with Crippen molar-refractivity contribution < 1.29 is 14.2 Å². The Morgan fingerprint density at radius 3 is 2.67 bits per heavy atom. The lowest BCUT2D eigenvalue weighted by Crippen LogP contribution is -3.03. The molecule has 0 saturated carbocycles. The zero-order chi connectivity index (χ0) is 16.8. The molecule has 2 heterocycles. The van der Waals surface area contributed by atoms with Gasteiger partial charge >= 0.3 is 0 Å². The Balaban J connectivity index is 1.86. The van der Waals surface area contributed by atoms with Crippen LogP contribution in [0.15, 0.2) is 54.9 Å². The van der Waals surface area contributed by atoms with Crippen LogP contribution in [-0.2, 0) is 0 Å². The van der Waals surface area contributed by atoms with Crippen molar-refractivity contribution in [2.45, 2.75) is 13.0 Å². The molecular formula is C18H14FN3O2. The summed E-state index contributed by atoms with van der Waals surface area (Å²) in [7, 11) is 0. The van der Waals surface area contributed by atoms with Crippen molar-refractivity contribution >= 4 is 11.5 Å². The van der Waals surface area contributed by atoms with E-state index in [2.05, 4.69) is 4.98 Å². The third-order valence-corrected chi connectivity index (χ3v) is 4.36. The van der Waals surface area contributed by atoms with Crippen LogP contribution in [0, 0.1) is 11.0 Å². The van der Waals surface area contributed by atoms with Gasteiger partial charge in [-0.2, -0.15) is 0 Å². The van der Waals surface area contributed by atoms with E-state index in [1.807, 2.05) is 18.2 Å². The van der Waals surface area contributed by atoms with Crippen molar-refractivity contribution in [3.05, 3.63) is 82.8 Å². The molecule has 1 aromatic heterocycles. The molecule has 3 aromatic rings. The molecule has 0 aliphatic carbocycles. The maximum atomic E-state index is 13.1. The van der Waals surface area contributed by atoms with Gasteiger partial charge < -0.3 is 10.3 Å². The Kier molecular flexibility index (Phi) is 3.30. The highest BCUT2D eigenvalue weighted by atomic mass is 19.1. The van der Waals surface area contributed by atoms with E-state index >= 15 is 0 Å². The standard InChI is InChI=1S/C18H14FN3O2/c1-11-17-16(18(23)12-6-8-13(19)9-7-12)20-10-21(17)14-4-2-3-5-15(14)22(11)24/h2-11,22H,1H3. The first-order valence-corrected chi connectivity index (χ1v) is 7.59. The van der Waals surface area contributed by atoms with Gasteiger partial charge in [-0.25, -0.2) is 9.37 Å². The molecule has 2 aromatic carbocycles. The molecule has 5 nitrogen and oxygen atoms in total. The Hall–Kier alpha value is -2.83. The Morgan fingerprint density at radius 2 is 1.92 bits per heavy atom. The van der Waals surface area contributed by atoms with Crippen molar-refractivity contribution in [2.75, 3.05) is 0 Å². The van der Waals surface area contributed by atoms with Gasteiger partial charge in [-0.15, -0.1) is 0 Å². The fourth-order valence-corrected chi connectivity index (χ4v) is 3.13. The number of benzene rings is 2. The SMILES string of the molecule is CC1c2c(C(=O)c3ccc(F)cc3)ncn2-c2ccccc2[NH+]1[O-]. The number of carbonyl (C=O) groups excluding carboxylic acids is 1. The molecule has 24 heavy (non-hydrogen) atoms. The summed E-state index contributed by atoms with van der Waals surface area (Å²) in [5.74, 6) is -0.723. The molecule has 0 bridgehead atoms. The minimum atomic E-state index is -0.471. The highest BCUT2D eigenvalue weighted by molar-refractivity contribution is 6.08. The van der Waals surface area contributed by atoms with Crippen LogP contribution < -0.4 is 5.06 Å². The van der Waals surface area contributed by atoms with Crippen LogP contribution >= 0.6 is 0 Å². The van der Waals surface area contributed by atoms with Gasteiger partial charge in [0.15, 0.2) is 5.69 Å². The van der Waals surface area contributed by atoms with Crippen LogP contribution in [0.3, 0.4) is 0 Å². The maximum absolute atomic E-state index is 13.1. The summed E-state index contributed by atoms with van der Waals surface area (Å²) in [6, 6.07) is 12.1. The number of imidazole rings is 1. The predicted molar refractivity (Wildman–Crippen MR) is 85.8 cm³/mol. The maximum Gasteiger partial charge on any atom is 0.213 e. The zero-order valence-electron chi connectivity index (χ0n) is 12.9. The van der Waals surface area contributed by atoms with Crippen LogP contribution in [0.5, 0.6) is 0 Å². The molecule has 1 N–H and O–H groups in total. The van der Waals surface area contributed by atoms with E-state index in [4.69, 9.17) is 0 Å². The second-order valence-electron chi connectivity index (χ2n) is 5.79. The number of para-hydroxylation sites is 2. The van der Waals surface area contributed by atoms with E-state index < -0.39 is 11.9 Å². The van der Waals surface area contributed by atoms with Gasteiger partial charge in [0.2, 0.25) is 5.78 Å². The number of carbonyl (C=O) groups is 1. The lowest BCUT2D eigenvalue weighted by molar-refractivity contribution is -0.813. The molecule has 0 radical (unpaired) electrons. The average molecular weight is 323 g/mol. The predicted octanol–water partition coefficient (Wildman–Crippen LogP) is 2.33. The number of nitrogens with one attached hydrogen (secondary N) is 1. The molecular weight excluding hydrogens is 309 g/mol. The highest BCUT2D eigenvalue weighted by Crippen LogP contribution is 2.30. The minimum Gasteiger partial charge on any atom is -0.628 e.